The smallest absolute Gasteiger partial charge is 0.255 e. The topological polar surface area (TPSA) is 74.2 Å². The molecule has 0 radical (unpaired) electrons. The van der Waals surface area contributed by atoms with Gasteiger partial charge in [-0.05, 0) is 32.9 Å². The molecule has 1 aliphatic heterocycles. The van der Waals surface area contributed by atoms with Gasteiger partial charge in [0.05, 0.1) is 11.3 Å². The van der Waals surface area contributed by atoms with Gasteiger partial charge in [-0.15, -0.1) is 0 Å². The van der Waals surface area contributed by atoms with Gasteiger partial charge in [0, 0.05) is 56.5 Å². The van der Waals surface area contributed by atoms with E-state index in [9.17, 15) is 4.79 Å². The van der Waals surface area contributed by atoms with Gasteiger partial charge in [-0.2, -0.15) is 0 Å². The molecule has 1 fully saturated rings. The number of piperazine rings is 1. The first kappa shape index (κ1) is 17.1. The van der Waals surface area contributed by atoms with Crippen molar-refractivity contribution in [3.05, 3.63) is 42.5 Å². The maximum absolute atomic E-state index is 12.8. The lowest BCUT2D eigenvalue weighted by molar-refractivity contribution is 0.0746. The van der Waals surface area contributed by atoms with E-state index in [1.807, 2.05) is 11.0 Å². The number of anilines is 2. The van der Waals surface area contributed by atoms with Crippen LogP contribution in [0.25, 0.3) is 0 Å². The van der Waals surface area contributed by atoms with E-state index in [2.05, 4.69) is 45.9 Å². The van der Waals surface area contributed by atoms with Crippen LogP contribution in [0, 0.1) is 0 Å². The Hall–Kier alpha value is -2.70. The van der Waals surface area contributed by atoms with Gasteiger partial charge in [-0.25, -0.2) is 9.97 Å². The van der Waals surface area contributed by atoms with Crippen molar-refractivity contribution in [3.63, 3.8) is 0 Å². The number of nitrogens with zero attached hydrogens (tertiary/aromatic N) is 5. The summed E-state index contributed by atoms with van der Waals surface area (Å²) in [6.07, 6.45) is 6.84. The Kier molecular flexibility index (Phi) is 4.83. The highest BCUT2D eigenvalue weighted by atomic mass is 16.2. The van der Waals surface area contributed by atoms with Crippen LogP contribution < -0.4 is 10.2 Å². The van der Waals surface area contributed by atoms with E-state index in [0.717, 1.165) is 18.8 Å². The van der Waals surface area contributed by atoms with Crippen LogP contribution in [0.15, 0.2) is 36.9 Å². The highest BCUT2D eigenvalue weighted by molar-refractivity contribution is 5.95. The molecule has 3 rings (SSSR count). The molecule has 25 heavy (non-hydrogen) atoms. The number of carbonyl (C=O) groups is 1. The first-order valence-electron chi connectivity index (χ1n) is 8.47. The zero-order valence-electron chi connectivity index (χ0n) is 14.9. The lowest BCUT2D eigenvalue weighted by atomic mass is 10.1. The summed E-state index contributed by atoms with van der Waals surface area (Å²) in [4.78, 5) is 29.5. The van der Waals surface area contributed by atoms with E-state index in [4.69, 9.17) is 0 Å². The summed E-state index contributed by atoms with van der Waals surface area (Å²) in [6, 6.07) is 3.67. The number of aromatic nitrogens is 3. The van der Waals surface area contributed by atoms with E-state index in [1.165, 1.54) is 0 Å². The minimum absolute atomic E-state index is 0.0127. The first-order chi connectivity index (χ1) is 11.9. The molecule has 0 spiro atoms. The quantitative estimate of drug-likeness (QED) is 0.922. The van der Waals surface area contributed by atoms with Crippen molar-refractivity contribution in [2.45, 2.75) is 26.3 Å². The third-order valence-electron chi connectivity index (χ3n) is 3.91. The normalized spacial score (nSPS) is 15.2. The minimum atomic E-state index is -0.0787. The molecule has 7 heteroatoms. The second kappa shape index (κ2) is 7.04. The monoisotopic (exact) mass is 340 g/mol. The summed E-state index contributed by atoms with van der Waals surface area (Å²) in [7, 11) is 0. The first-order valence-corrected chi connectivity index (χ1v) is 8.47. The number of nitrogens with one attached hydrogen (secondary N) is 1. The molecule has 2 aromatic heterocycles. The summed E-state index contributed by atoms with van der Waals surface area (Å²) in [5.41, 5.74) is 1.39. The fraction of sp³-hybridized carbons (Fsp3) is 0.444. The Morgan fingerprint density at radius 2 is 1.76 bits per heavy atom. The highest BCUT2D eigenvalue weighted by Gasteiger charge is 2.24. The van der Waals surface area contributed by atoms with Crippen molar-refractivity contribution < 1.29 is 4.79 Å². The van der Waals surface area contributed by atoms with Gasteiger partial charge in [0.2, 0.25) is 5.95 Å². The maximum Gasteiger partial charge on any atom is 0.255 e. The van der Waals surface area contributed by atoms with Crippen molar-refractivity contribution in [1.29, 1.82) is 0 Å². The Balaban J connectivity index is 1.64. The molecule has 1 N–H and O–H groups in total. The van der Waals surface area contributed by atoms with Crippen molar-refractivity contribution in [2.75, 3.05) is 36.4 Å². The minimum Gasteiger partial charge on any atom is -0.379 e. The summed E-state index contributed by atoms with van der Waals surface area (Å²) >= 11 is 0. The predicted octanol–water partition coefficient (Wildman–Crippen LogP) is 2.04. The Morgan fingerprint density at radius 1 is 1.08 bits per heavy atom. The summed E-state index contributed by atoms with van der Waals surface area (Å²) in [5.74, 6) is 0.728. The van der Waals surface area contributed by atoms with Gasteiger partial charge in [0.15, 0.2) is 0 Å². The third-order valence-corrected chi connectivity index (χ3v) is 3.91. The molecule has 2 aromatic rings. The van der Waals surface area contributed by atoms with Crippen LogP contribution in [0.4, 0.5) is 11.6 Å². The third kappa shape index (κ3) is 4.43. The van der Waals surface area contributed by atoms with E-state index in [1.54, 1.807) is 30.9 Å². The molecule has 7 nitrogen and oxygen atoms in total. The fourth-order valence-electron chi connectivity index (χ4n) is 2.80. The molecule has 0 unspecified atom stereocenters. The summed E-state index contributed by atoms with van der Waals surface area (Å²) in [5, 5.41) is 3.35. The summed E-state index contributed by atoms with van der Waals surface area (Å²) in [6.45, 7) is 8.97. The number of pyridine rings is 1. The van der Waals surface area contributed by atoms with Crippen LogP contribution in [-0.4, -0.2) is 57.5 Å². The van der Waals surface area contributed by atoms with Gasteiger partial charge in [0.1, 0.15) is 0 Å². The molecule has 1 saturated heterocycles. The average molecular weight is 340 g/mol. The molecular formula is C18H24N6O. The average Bonchev–Trinajstić information content (AvgIpc) is 2.61. The standard InChI is InChI=1S/C18H24N6O/c1-18(2,3)22-15-11-14(12-19-13-15)16(25)23-7-9-24(10-8-23)17-20-5-4-6-21-17/h4-6,11-13,22H,7-10H2,1-3H3. The molecule has 0 bridgehead atoms. The van der Waals surface area contributed by atoms with Gasteiger partial charge < -0.3 is 15.1 Å². The zero-order valence-corrected chi connectivity index (χ0v) is 14.9. The van der Waals surface area contributed by atoms with Crippen molar-refractivity contribution in [3.8, 4) is 0 Å². The number of hydrogen-bond donors (Lipinski definition) is 1. The molecule has 0 aliphatic carbocycles. The van der Waals surface area contributed by atoms with Gasteiger partial charge in [-0.3, -0.25) is 9.78 Å². The van der Waals surface area contributed by atoms with Crippen LogP contribution in [0.1, 0.15) is 31.1 Å². The largest absolute Gasteiger partial charge is 0.379 e. The van der Waals surface area contributed by atoms with Crippen LogP contribution in [0.5, 0.6) is 0 Å². The fourth-order valence-corrected chi connectivity index (χ4v) is 2.80. The van der Waals surface area contributed by atoms with Gasteiger partial charge >= 0.3 is 0 Å². The van der Waals surface area contributed by atoms with E-state index in [-0.39, 0.29) is 11.4 Å². The highest BCUT2D eigenvalue weighted by Crippen LogP contribution is 2.17. The van der Waals surface area contributed by atoms with Gasteiger partial charge in [0.25, 0.3) is 5.91 Å². The molecule has 0 atom stereocenters. The number of hydrogen-bond acceptors (Lipinski definition) is 6. The summed E-state index contributed by atoms with van der Waals surface area (Å²) < 4.78 is 0. The lowest BCUT2D eigenvalue weighted by Crippen LogP contribution is -2.49. The Morgan fingerprint density at radius 3 is 2.40 bits per heavy atom. The maximum atomic E-state index is 12.8. The predicted molar refractivity (Wildman–Crippen MR) is 97.8 cm³/mol. The second-order valence-corrected chi connectivity index (χ2v) is 7.17. The Labute approximate surface area is 148 Å². The second-order valence-electron chi connectivity index (χ2n) is 7.17. The molecule has 1 aliphatic rings. The SMILES string of the molecule is CC(C)(C)Nc1cncc(C(=O)N2CCN(c3ncccn3)CC2)c1. The van der Waals surface area contributed by atoms with Crippen LogP contribution in [-0.2, 0) is 0 Å². The Bertz CT molecular complexity index is 720. The molecule has 0 saturated carbocycles. The number of amides is 1. The van der Waals surface area contributed by atoms with Gasteiger partial charge in [-0.1, -0.05) is 0 Å². The van der Waals surface area contributed by atoms with Crippen molar-refractivity contribution in [1.82, 2.24) is 19.9 Å². The molecule has 3 heterocycles. The van der Waals surface area contributed by atoms with Crippen LogP contribution in [0.2, 0.25) is 0 Å². The number of carbonyl (C=O) groups excluding carboxylic acids is 1. The van der Waals surface area contributed by atoms with Crippen molar-refractivity contribution in [2.24, 2.45) is 0 Å². The van der Waals surface area contributed by atoms with E-state index >= 15 is 0 Å². The molecule has 132 valence electrons. The number of rotatable bonds is 3. The van der Waals surface area contributed by atoms with Crippen LogP contribution >= 0.6 is 0 Å². The lowest BCUT2D eigenvalue weighted by Gasteiger charge is -2.34. The molecule has 0 aromatic carbocycles. The van der Waals surface area contributed by atoms with Crippen LogP contribution in [0.3, 0.4) is 0 Å². The molecular weight excluding hydrogens is 316 g/mol. The van der Waals surface area contributed by atoms with E-state index in [0.29, 0.717) is 24.6 Å². The zero-order chi connectivity index (χ0) is 17.9. The van der Waals surface area contributed by atoms with E-state index < -0.39 is 0 Å². The van der Waals surface area contributed by atoms with Crippen molar-refractivity contribution >= 4 is 17.5 Å². The molecule has 1 amide bonds.